The van der Waals surface area contributed by atoms with Crippen LogP contribution in [0.3, 0.4) is 0 Å². The summed E-state index contributed by atoms with van der Waals surface area (Å²) in [4.78, 5) is 11.9. The van der Waals surface area contributed by atoms with Gasteiger partial charge in [-0.05, 0) is 36.5 Å². The molecule has 0 aromatic heterocycles. The molecule has 5 nitrogen and oxygen atoms in total. The number of carbonyl (C=O) groups excluding carboxylic acids is 1. The van der Waals surface area contributed by atoms with Crippen LogP contribution in [0, 0.1) is 0 Å². The molecule has 0 aliphatic carbocycles. The normalized spacial score (nSPS) is 13.6. The number of carbonyl (C=O) groups is 1. The van der Waals surface area contributed by atoms with Gasteiger partial charge in [0, 0.05) is 19.0 Å². The van der Waals surface area contributed by atoms with Gasteiger partial charge in [0.25, 0.3) is 0 Å². The Bertz CT molecular complexity index is 616. The number of rotatable bonds is 7. The van der Waals surface area contributed by atoms with Crippen LogP contribution in [0.4, 0.5) is 0 Å². The second-order valence-electron chi connectivity index (χ2n) is 6.80. The molecular weight excluding hydrogens is 312 g/mol. The van der Waals surface area contributed by atoms with Crippen molar-refractivity contribution < 1.29 is 13.2 Å². The Kier molecular flexibility index (Phi) is 6.77. The van der Waals surface area contributed by atoms with Crippen LogP contribution in [-0.2, 0) is 20.2 Å². The van der Waals surface area contributed by atoms with E-state index < -0.39 is 10.0 Å². The van der Waals surface area contributed by atoms with E-state index in [0.29, 0.717) is 0 Å². The van der Waals surface area contributed by atoms with E-state index in [1.54, 1.807) is 12.1 Å². The lowest BCUT2D eigenvalue weighted by Crippen LogP contribution is -2.35. The maximum atomic E-state index is 12.2. The molecule has 1 rings (SSSR count). The van der Waals surface area contributed by atoms with Crippen LogP contribution in [0.25, 0.3) is 0 Å². The van der Waals surface area contributed by atoms with E-state index in [4.69, 9.17) is 0 Å². The molecule has 0 aliphatic rings. The van der Waals surface area contributed by atoms with Crippen LogP contribution in [0.1, 0.15) is 53.0 Å². The van der Waals surface area contributed by atoms with Gasteiger partial charge in [-0.25, -0.2) is 13.1 Å². The van der Waals surface area contributed by atoms with Gasteiger partial charge < -0.3 is 5.32 Å². The van der Waals surface area contributed by atoms with E-state index in [1.807, 2.05) is 26.0 Å². The second-order valence-corrected chi connectivity index (χ2v) is 8.57. The largest absolute Gasteiger partial charge is 0.354 e. The minimum Gasteiger partial charge on any atom is -0.354 e. The lowest BCUT2D eigenvalue weighted by molar-refractivity contribution is -0.121. The first-order chi connectivity index (χ1) is 10.6. The van der Waals surface area contributed by atoms with Gasteiger partial charge in [0.05, 0.1) is 4.90 Å². The van der Waals surface area contributed by atoms with E-state index in [-0.39, 0.29) is 35.2 Å². The predicted molar refractivity (Wildman–Crippen MR) is 92.8 cm³/mol. The molecule has 0 spiro atoms. The first kappa shape index (κ1) is 19.6. The Labute approximate surface area is 139 Å². The number of sulfonamides is 1. The SMILES string of the molecule is CCC(C)NC(=O)CCNS(=O)(=O)c1ccc(C(C)(C)C)cc1. The average Bonchev–Trinajstić information content (AvgIpc) is 2.46. The molecule has 0 saturated heterocycles. The summed E-state index contributed by atoms with van der Waals surface area (Å²) >= 11 is 0. The third-order valence-corrected chi connectivity index (χ3v) is 5.17. The zero-order valence-corrected chi connectivity index (χ0v) is 15.5. The van der Waals surface area contributed by atoms with Gasteiger partial charge in [0.2, 0.25) is 15.9 Å². The van der Waals surface area contributed by atoms with Crippen molar-refractivity contribution in [2.45, 2.75) is 63.8 Å². The van der Waals surface area contributed by atoms with Gasteiger partial charge in [-0.2, -0.15) is 0 Å². The van der Waals surface area contributed by atoms with Gasteiger partial charge in [-0.3, -0.25) is 4.79 Å². The molecule has 6 heteroatoms. The number of amides is 1. The summed E-state index contributed by atoms with van der Waals surface area (Å²) in [6.45, 7) is 10.2. The topological polar surface area (TPSA) is 75.3 Å². The fourth-order valence-corrected chi connectivity index (χ4v) is 3.00. The van der Waals surface area contributed by atoms with E-state index in [1.165, 1.54) is 0 Å². The van der Waals surface area contributed by atoms with Crippen LogP contribution in [-0.4, -0.2) is 26.9 Å². The van der Waals surface area contributed by atoms with Gasteiger partial charge in [0.15, 0.2) is 0 Å². The van der Waals surface area contributed by atoms with E-state index in [2.05, 4.69) is 30.8 Å². The van der Waals surface area contributed by atoms with Crippen molar-refractivity contribution in [2.24, 2.45) is 0 Å². The van der Waals surface area contributed by atoms with Crippen LogP contribution >= 0.6 is 0 Å². The molecule has 0 radical (unpaired) electrons. The van der Waals surface area contributed by atoms with Crippen LogP contribution in [0.15, 0.2) is 29.2 Å². The van der Waals surface area contributed by atoms with Crippen molar-refractivity contribution in [3.05, 3.63) is 29.8 Å². The summed E-state index contributed by atoms with van der Waals surface area (Å²) in [6.07, 6.45) is 0.973. The summed E-state index contributed by atoms with van der Waals surface area (Å²) < 4.78 is 26.9. The molecule has 0 fully saturated rings. The number of hydrogen-bond donors (Lipinski definition) is 2. The molecule has 0 heterocycles. The minimum atomic E-state index is -3.58. The highest BCUT2D eigenvalue weighted by Gasteiger charge is 2.17. The first-order valence-electron chi connectivity index (χ1n) is 7.96. The molecule has 1 aromatic rings. The predicted octanol–water partition coefficient (Wildman–Crippen LogP) is 2.57. The fraction of sp³-hybridized carbons (Fsp3) is 0.588. The molecule has 130 valence electrons. The van der Waals surface area contributed by atoms with E-state index in [0.717, 1.165) is 12.0 Å². The summed E-state index contributed by atoms with van der Waals surface area (Å²) in [5, 5.41) is 2.81. The van der Waals surface area contributed by atoms with Gasteiger partial charge in [-0.15, -0.1) is 0 Å². The van der Waals surface area contributed by atoms with E-state index >= 15 is 0 Å². The number of benzene rings is 1. The van der Waals surface area contributed by atoms with Crippen molar-refractivity contribution >= 4 is 15.9 Å². The highest BCUT2D eigenvalue weighted by Crippen LogP contribution is 2.23. The van der Waals surface area contributed by atoms with Crippen molar-refractivity contribution in [3.8, 4) is 0 Å². The van der Waals surface area contributed by atoms with Crippen molar-refractivity contribution in [1.29, 1.82) is 0 Å². The standard InChI is InChI=1S/C17H28N2O3S/c1-6-13(2)19-16(20)11-12-18-23(21,22)15-9-7-14(8-10-15)17(3,4)5/h7-10,13,18H,6,11-12H2,1-5H3,(H,19,20). The monoisotopic (exact) mass is 340 g/mol. The van der Waals surface area contributed by atoms with Gasteiger partial charge in [-0.1, -0.05) is 39.8 Å². The Morgan fingerprint density at radius 1 is 1.17 bits per heavy atom. The van der Waals surface area contributed by atoms with Crippen LogP contribution in [0.5, 0.6) is 0 Å². The zero-order valence-electron chi connectivity index (χ0n) is 14.6. The molecule has 1 amide bonds. The molecular formula is C17H28N2O3S. The number of nitrogens with one attached hydrogen (secondary N) is 2. The third kappa shape index (κ3) is 6.31. The summed E-state index contributed by atoms with van der Waals surface area (Å²) in [5.41, 5.74) is 1.05. The molecule has 0 aliphatic heterocycles. The van der Waals surface area contributed by atoms with Crippen LogP contribution in [0.2, 0.25) is 0 Å². The van der Waals surface area contributed by atoms with Crippen LogP contribution < -0.4 is 10.0 Å². The van der Waals surface area contributed by atoms with Gasteiger partial charge >= 0.3 is 0 Å². The molecule has 1 aromatic carbocycles. The highest BCUT2D eigenvalue weighted by atomic mass is 32.2. The van der Waals surface area contributed by atoms with Crippen molar-refractivity contribution in [2.75, 3.05) is 6.54 Å². The smallest absolute Gasteiger partial charge is 0.240 e. The molecule has 0 saturated carbocycles. The highest BCUT2D eigenvalue weighted by molar-refractivity contribution is 7.89. The minimum absolute atomic E-state index is 0.0240. The first-order valence-corrected chi connectivity index (χ1v) is 9.44. The summed E-state index contributed by atoms with van der Waals surface area (Å²) in [7, 11) is -3.58. The Balaban J connectivity index is 2.61. The molecule has 1 atom stereocenters. The van der Waals surface area contributed by atoms with Crippen molar-refractivity contribution in [3.63, 3.8) is 0 Å². The maximum absolute atomic E-state index is 12.2. The van der Waals surface area contributed by atoms with Crippen molar-refractivity contribution in [1.82, 2.24) is 10.0 Å². The fourth-order valence-electron chi connectivity index (χ4n) is 1.97. The molecule has 23 heavy (non-hydrogen) atoms. The molecule has 2 N–H and O–H groups in total. The Morgan fingerprint density at radius 2 is 1.74 bits per heavy atom. The second kappa shape index (κ2) is 7.93. The summed E-state index contributed by atoms with van der Waals surface area (Å²) in [5.74, 6) is -0.148. The quantitative estimate of drug-likeness (QED) is 0.801. The lowest BCUT2D eigenvalue weighted by atomic mass is 9.87. The third-order valence-electron chi connectivity index (χ3n) is 3.69. The number of hydrogen-bond acceptors (Lipinski definition) is 3. The molecule has 1 unspecified atom stereocenters. The summed E-state index contributed by atoms with van der Waals surface area (Å²) in [6, 6.07) is 6.95. The van der Waals surface area contributed by atoms with Gasteiger partial charge in [0.1, 0.15) is 0 Å². The van der Waals surface area contributed by atoms with E-state index in [9.17, 15) is 13.2 Å². The maximum Gasteiger partial charge on any atom is 0.240 e. The lowest BCUT2D eigenvalue weighted by Gasteiger charge is -2.19. The Morgan fingerprint density at radius 3 is 2.22 bits per heavy atom. The average molecular weight is 340 g/mol. The Hall–Kier alpha value is -1.40. The zero-order chi connectivity index (χ0) is 17.7. The molecule has 0 bridgehead atoms.